The predicted octanol–water partition coefficient (Wildman–Crippen LogP) is 2.08. The summed E-state index contributed by atoms with van der Waals surface area (Å²) in [6.07, 6.45) is 1.61. The normalized spacial score (nSPS) is 18.8. The highest BCUT2D eigenvalue weighted by Gasteiger charge is 2.26. The number of ether oxygens (including phenoxy) is 1. The third-order valence-corrected chi connectivity index (χ3v) is 7.60. The summed E-state index contributed by atoms with van der Waals surface area (Å²) in [5.74, 6) is -0.0961. The first kappa shape index (κ1) is 24.6. The molecule has 1 amide bonds. The van der Waals surface area contributed by atoms with Crippen molar-refractivity contribution < 1.29 is 17.9 Å². The Kier molecular flexibility index (Phi) is 8.47. The van der Waals surface area contributed by atoms with Gasteiger partial charge in [0.2, 0.25) is 15.9 Å². The Labute approximate surface area is 201 Å². The molecule has 0 bridgehead atoms. The van der Waals surface area contributed by atoms with Gasteiger partial charge in [-0.2, -0.15) is 4.31 Å². The van der Waals surface area contributed by atoms with E-state index in [-0.39, 0.29) is 12.5 Å². The molecule has 4 rings (SSSR count). The number of benzene rings is 2. The maximum atomic E-state index is 12.6. The number of hydrogen-bond donors (Lipinski definition) is 1. The van der Waals surface area contributed by atoms with Crippen molar-refractivity contribution in [1.29, 1.82) is 0 Å². The topological polar surface area (TPSA) is 82.2 Å². The summed E-state index contributed by atoms with van der Waals surface area (Å²) in [6, 6.07) is 17.3. The van der Waals surface area contributed by atoms with Crippen LogP contribution < -0.4 is 5.32 Å². The fourth-order valence-electron chi connectivity index (χ4n) is 4.07. The summed E-state index contributed by atoms with van der Waals surface area (Å²) in [7, 11) is -3.48. The van der Waals surface area contributed by atoms with Gasteiger partial charge in [0.25, 0.3) is 0 Å². The number of rotatable bonds is 8. The number of carbonyl (C=O) groups excluding carboxylic acids is 1. The van der Waals surface area contributed by atoms with Gasteiger partial charge in [-0.3, -0.25) is 14.6 Å². The molecule has 2 aliphatic rings. The van der Waals surface area contributed by atoms with E-state index in [1.807, 2.05) is 59.5 Å². The van der Waals surface area contributed by atoms with Crippen LogP contribution in [0.25, 0.3) is 6.08 Å². The van der Waals surface area contributed by atoms with Gasteiger partial charge in [0.1, 0.15) is 0 Å². The Morgan fingerprint density at radius 3 is 2.24 bits per heavy atom. The van der Waals surface area contributed by atoms with E-state index in [1.54, 1.807) is 6.08 Å². The van der Waals surface area contributed by atoms with Crippen molar-refractivity contribution in [1.82, 2.24) is 14.1 Å². The first-order valence-electron chi connectivity index (χ1n) is 11.6. The summed E-state index contributed by atoms with van der Waals surface area (Å²) in [4.78, 5) is 16.8. The largest absolute Gasteiger partial charge is 0.379 e. The number of sulfonamides is 1. The van der Waals surface area contributed by atoms with Crippen LogP contribution in [0.1, 0.15) is 11.1 Å². The minimum Gasteiger partial charge on any atom is -0.379 e. The lowest BCUT2D eigenvalue weighted by atomic mass is 10.2. The lowest BCUT2D eigenvalue weighted by Gasteiger charge is -2.32. The molecule has 2 heterocycles. The Morgan fingerprint density at radius 2 is 1.56 bits per heavy atom. The zero-order chi connectivity index (χ0) is 23.8. The van der Waals surface area contributed by atoms with Crippen molar-refractivity contribution in [3.05, 3.63) is 71.1 Å². The number of morpholine rings is 1. The Hall–Kier alpha value is -2.56. The van der Waals surface area contributed by atoms with Crippen LogP contribution in [0.2, 0.25) is 0 Å². The molecule has 1 N–H and O–H groups in total. The van der Waals surface area contributed by atoms with Crippen LogP contribution in [0.15, 0.2) is 60.0 Å². The predicted molar refractivity (Wildman–Crippen MR) is 134 cm³/mol. The van der Waals surface area contributed by atoms with Gasteiger partial charge in [0, 0.05) is 56.9 Å². The summed E-state index contributed by atoms with van der Waals surface area (Å²) < 4.78 is 32.1. The van der Waals surface area contributed by atoms with E-state index < -0.39 is 10.0 Å². The standard InChI is InChI=1S/C25H32N4O4S/c30-25(26-24-8-6-23(7-9-24)20-28-15-17-33-18-16-28)21-27-11-13-29(14-12-27)34(31,32)19-10-22-4-2-1-3-5-22/h1-10,19H,11-18,20-21H2,(H,26,30). The molecular weight excluding hydrogens is 452 g/mol. The number of piperazine rings is 1. The maximum Gasteiger partial charge on any atom is 0.238 e. The number of nitrogens with one attached hydrogen (secondary N) is 1. The average molecular weight is 485 g/mol. The summed E-state index contributed by atoms with van der Waals surface area (Å²) in [5, 5.41) is 4.20. The smallest absolute Gasteiger partial charge is 0.238 e. The molecule has 9 heteroatoms. The van der Waals surface area contributed by atoms with Crippen LogP contribution in [0.4, 0.5) is 5.69 Å². The minimum absolute atomic E-state index is 0.0961. The molecule has 0 unspecified atom stereocenters. The van der Waals surface area contributed by atoms with Gasteiger partial charge >= 0.3 is 0 Å². The Morgan fingerprint density at radius 1 is 0.882 bits per heavy atom. The lowest BCUT2D eigenvalue weighted by Crippen LogP contribution is -2.49. The molecule has 0 atom stereocenters. The summed E-state index contributed by atoms with van der Waals surface area (Å²) in [5.41, 5.74) is 2.82. The number of nitrogens with zero attached hydrogens (tertiary/aromatic N) is 3. The second-order valence-corrected chi connectivity index (χ2v) is 10.4. The molecular formula is C25H32N4O4S. The van der Waals surface area contributed by atoms with E-state index in [0.29, 0.717) is 26.2 Å². The summed E-state index contributed by atoms with van der Waals surface area (Å²) in [6.45, 7) is 6.32. The zero-order valence-corrected chi connectivity index (χ0v) is 20.1. The number of carbonyl (C=O) groups is 1. The van der Waals surface area contributed by atoms with Gasteiger partial charge in [-0.1, -0.05) is 42.5 Å². The van der Waals surface area contributed by atoms with Crippen molar-refractivity contribution >= 4 is 27.7 Å². The zero-order valence-electron chi connectivity index (χ0n) is 19.3. The summed E-state index contributed by atoms with van der Waals surface area (Å²) >= 11 is 0. The SMILES string of the molecule is O=C(CN1CCN(S(=O)(=O)C=Cc2ccccc2)CC1)Nc1ccc(CN2CCOCC2)cc1. The van der Waals surface area contributed by atoms with Crippen molar-refractivity contribution in [3.63, 3.8) is 0 Å². The number of amides is 1. The lowest BCUT2D eigenvalue weighted by molar-refractivity contribution is -0.117. The maximum absolute atomic E-state index is 12.6. The van der Waals surface area contributed by atoms with Crippen LogP contribution in [0, 0.1) is 0 Å². The average Bonchev–Trinajstić information content (AvgIpc) is 2.86. The second-order valence-electron chi connectivity index (χ2n) is 8.57. The molecule has 8 nitrogen and oxygen atoms in total. The van der Waals surface area contributed by atoms with Gasteiger partial charge in [0.05, 0.1) is 19.8 Å². The van der Waals surface area contributed by atoms with Gasteiger partial charge in [-0.25, -0.2) is 8.42 Å². The number of anilines is 1. The van der Waals surface area contributed by atoms with Gasteiger partial charge in [-0.15, -0.1) is 0 Å². The molecule has 182 valence electrons. The van der Waals surface area contributed by atoms with Crippen LogP contribution >= 0.6 is 0 Å². The molecule has 2 aromatic rings. The highest BCUT2D eigenvalue weighted by atomic mass is 32.2. The van der Waals surface area contributed by atoms with Gasteiger partial charge in [-0.05, 0) is 29.3 Å². The van der Waals surface area contributed by atoms with Crippen LogP contribution in [0.5, 0.6) is 0 Å². The second kappa shape index (κ2) is 11.7. The molecule has 0 radical (unpaired) electrons. The van der Waals surface area contributed by atoms with Crippen molar-refractivity contribution in [3.8, 4) is 0 Å². The van der Waals surface area contributed by atoms with E-state index in [1.165, 1.54) is 15.3 Å². The monoisotopic (exact) mass is 484 g/mol. The molecule has 0 spiro atoms. The van der Waals surface area contributed by atoms with E-state index >= 15 is 0 Å². The van der Waals surface area contributed by atoms with Crippen molar-refractivity contribution in [2.24, 2.45) is 0 Å². The van der Waals surface area contributed by atoms with Crippen molar-refractivity contribution in [2.45, 2.75) is 6.54 Å². The quantitative estimate of drug-likeness (QED) is 0.618. The molecule has 0 aliphatic carbocycles. The minimum atomic E-state index is -3.48. The van der Waals surface area contributed by atoms with Gasteiger partial charge in [0.15, 0.2) is 0 Å². The Balaban J connectivity index is 1.21. The molecule has 34 heavy (non-hydrogen) atoms. The molecule has 0 aromatic heterocycles. The first-order valence-corrected chi connectivity index (χ1v) is 13.1. The third kappa shape index (κ3) is 7.22. The van der Waals surface area contributed by atoms with Crippen LogP contribution in [0.3, 0.4) is 0 Å². The molecule has 2 fully saturated rings. The third-order valence-electron chi connectivity index (χ3n) is 6.04. The van der Waals surface area contributed by atoms with Crippen LogP contribution in [-0.4, -0.2) is 87.5 Å². The van der Waals surface area contributed by atoms with Crippen LogP contribution in [-0.2, 0) is 26.1 Å². The molecule has 2 aliphatic heterocycles. The number of hydrogen-bond acceptors (Lipinski definition) is 6. The van der Waals surface area contributed by atoms with E-state index in [4.69, 9.17) is 4.74 Å². The fourth-order valence-corrected chi connectivity index (χ4v) is 5.24. The van der Waals surface area contributed by atoms with E-state index in [0.717, 1.165) is 44.1 Å². The fraction of sp³-hybridized carbons (Fsp3) is 0.400. The van der Waals surface area contributed by atoms with Crippen molar-refractivity contribution in [2.75, 3.05) is 64.3 Å². The molecule has 2 saturated heterocycles. The Bertz CT molecular complexity index is 1060. The molecule has 2 aromatic carbocycles. The highest BCUT2D eigenvalue weighted by Crippen LogP contribution is 2.14. The van der Waals surface area contributed by atoms with Gasteiger partial charge < -0.3 is 10.1 Å². The van der Waals surface area contributed by atoms with E-state index in [9.17, 15) is 13.2 Å². The molecule has 0 saturated carbocycles. The first-order chi connectivity index (χ1) is 16.5. The van der Waals surface area contributed by atoms with E-state index in [2.05, 4.69) is 10.2 Å². The highest BCUT2D eigenvalue weighted by molar-refractivity contribution is 7.92.